The van der Waals surface area contributed by atoms with E-state index in [1.54, 1.807) is 0 Å². The summed E-state index contributed by atoms with van der Waals surface area (Å²) in [4.78, 5) is 0. The number of hydrogen-bond acceptors (Lipinski definition) is 1. The van der Waals surface area contributed by atoms with Crippen LogP contribution in [0, 0.1) is 12.8 Å². The van der Waals surface area contributed by atoms with E-state index in [4.69, 9.17) is 0 Å². The largest absolute Gasteiger partial charge is 0.346 e. The smallest absolute Gasteiger partial charge is 0.0483 e. The van der Waals surface area contributed by atoms with E-state index >= 15 is 0 Å². The van der Waals surface area contributed by atoms with Crippen LogP contribution in [0.1, 0.15) is 38.2 Å². The second kappa shape index (κ2) is 6.01. The lowest BCUT2D eigenvalue weighted by atomic mass is 9.86. The van der Waals surface area contributed by atoms with Gasteiger partial charge in [-0.2, -0.15) is 0 Å². The fraction of sp³-hybridized carbons (Fsp3) is 0.556. The molecule has 3 rings (SSSR count). The first-order valence-electron chi connectivity index (χ1n) is 8.03. The molecule has 1 aliphatic carbocycles. The summed E-state index contributed by atoms with van der Waals surface area (Å²) in [5.41, 5.74) is 2.70. The number of hydrogen-bond donors (Lipinski definition) is 1. The van der Waals surface area contributed by atoms with Crippen molar-refractivity contribution in [3.8, 4) is 0 Å². The van der Waals surface area contributed by atoms with E-state index in [9.17, 15) is 0 Å². The quantitative estimate of drug-likeness (QED) is 0.884. The van der Waals surface area contributed by atoms with Crippen LogP contribution in [0.3, 0.4) is 0 Å². The highest BCUT2D eigenvalue weighted by atomic mass is 15.0. The minimum atomic E-state index is 0.729. The molecule has 1 saturated carbocycles. The van der Waals surface area contributed by atoms with E-state index in [2.05, 4.69) is 54.2 Å². The van der Waals surface area contributed by atoms with Crippen LogP contribution in [-0.4, -0.2) is 17.2 Å². The van der Waals surface area contributed by atoms with Gasteiger partial charge in [0.1, 0.15) is 0 Å². The molecule has 0 saturated heterocycles. The summed E-state index contributed by atoms with van der Waals surface area (Å²) in [7, 11) is 0. The summed E-state index contributed by atoms with van der Waals surface area (Å²) in [5.74, 6) is 0.840. The van der Waals surface area contributed by atoms with Crippen molar-refractivity contribution in [1.29, 1.82) is 0 Å². The van der Waals surface area contributed by atoms with Crippen molar-refractivity contribution in [2.75, 3.05) is 6.54 Å². The van der Waals surface area contributed by atoms with Crippen LogP contribution in [0.15, 0.2) is 30.5 Å². The Kier molecular flexibility index (Phi) is 4.11. The predicted octanol–water partition coefficient (Wildman–Crippen LogP) is 4.12. The number of benzene rings is 1. The molecule has 1 aliphatic rings. The Balaban J connectivity index is 1.61. The predicted molar refractivity (Wildman–Crippen MR) is 86.1 cm³/mol. The van der Waals surface area contributed by atoms with E-state index in [-0.39, 0.29) is 0 Å². The van der Waals surface area contributed by atoms with Gasteiger partial charge < -0.3 is 9.88 Å². The van der Waals surface area contributed by atoms with Gasteiger partial charge in [0.2, 0.25) is 0 Å². The van der Waals surface area contributed by atoms with Crippen LogP contribution in [0.5, 0.6) is 0 Å². The van der Waals surface area contributed by atoms with Gasteiger partial charge in [0.05, 0.1) is 0 Å². The Bertz CT molecular complexity index is 570. The van der Waals surface area contributed by atoms with Gasteiger partial charge in [0.25, 0.3) is 0 Å². The van der Waals surface area contributed by atoms with Crippen molar-refractivity contribution in [3.05, 3.63) is 36.0 Å². The normalized spacial score (nSPS) is 23.3. The molecule has 1 heterocycles. The molecule has 0 amide bonds. The summed E-state index contributed by atoms with van der Waals surface area (Å²) >= 11 is 0. The van der Waals surface area contributed by atoms with E-state index in [0.29, 0.717) is 0 Å². The summed E-state index contributed by atoms with van der Waals surface area (Å²) in [6.45, 7) is 6.70. The molecule has 1 aromatic heterocycles. The van der Waals surface area contributed by atoms with Crippen LogP contribution in [0.25, 0.3) is 10.9 Å². The number of aromatic nitrogens is 1. The third-order valence-corrected chi connectivity index (χ3v) is 4.80. The second-order valence-electron chi connectivity index (χ2n) is 6.39. The zero-order valence-corrected chi connectivity index (χ0v) is 12.7. The molecule has 1 fully saturated rings. The summed E-state index contributed by atoms with van der Waals surface area (Å²) in [6, 6.07) is 9.65. The third-order valence-electron chi connectivity index (χ3n) is 4.80. The molecule has 1 aromatic carbocycles. The van der Waals surface area contributed by atoms with E-state index < -0.39 is 0 Å². The Labute approximate surface area is 122 Å². The van der Waals surface area contributed by atoms with E-state index in [1.165, 1.54) is 42.1 Å². The molecule has 0 bridgehead atoms. The van der Waals surface area contributed by atoms with Crippen molar-refractivity contribution in [1.82, 2.24) is 9.88 Å². The average Bonchev–Trinajstić information content (AvgIpc) is 2.83. The standard InChI is InChI=1S/C18H26N2/c1-14-7-8-16-9-11-20(18(16)13-14)12-10-19-17-6-4-3-5-15(17)2/h7-9,11,13,15,17,19H,3-6,10,12H2,1-2H3. The topological polar surface area (TPSA) is 17.0 Å². The molecule has 2 atom stereocenters. The number of nitrogens with one attached hydrogen (secondary N) is 1. The SMILES string of the molecule is Cc1ccc2ccn(CCNC3CCCCC3C)c2c1. The van der Waals surface area contributed by atoms with Gasteiger partial charge in [-0.1, -0.05) is 31.9 Å². The molecule has 20 heavy (non-hydrogen) atoms. The highest BCUT2D eigenvalue weighted by Crippen LogP contribution is 2.23. The van der Waals surface area contributed by atoms with Crippen molar-refractivity contribution >= 4 is 10.9 Å². The number of nitrogens with zero attached hydrogens (tertiary/aromatic N) is 1. The van der Waals surface area contributed by atoms with Gasteiger partial charge in [0, 0.05) is 30.8 Å². The first-order chi connectivity index (χ1) is 9.74. The molecule has 2 heteroatoms. The van der Waals surface area contributed by atoms with Crippen molar-refractivity contribution in [2.45, 2.75) is 52.1 Å². The van der Waals surface area contributed by atoms with Crippen molar-refractivity contribution in [2.24, 2.45) is 5.92 Å². The molecule has 108 valence electrons. The lowest BCUT2D eigenvalue weighted by molar-refractivity contribution is 0.279. The van der Waals surface area contributed by atoms with Gasteiger partial charge in [-0.05, 0) is 48.8 Å². The second-order valence-corrected chi connectivity index (χ2v) is 6.39. The van der Waals surface area contributed by atoms with Crippen LogP contribution >= 0.6 is 0 Å². The van der Waals surface area contributed by atoms with E-state index in [0.717, 1.165) is 25.0 Å². The minimum Gasteiger partial charge on any atom is -0.346 e. The lowest BCUT2D eigenvalue weighted by Gasteiger charge is -2.29. The highest BCUT2D eigenvalue weighted by Gasteiger charge is 2.20. The maximum atomic E-state index is 3.77. The number of rotatable bonds is 4. The van der Waals surface area contributed by atoms with Gasteiger partial charge >= 0.3 is 0 Å². The maximum absolute atomic E-state index is 3.77. The Morgan fingerprint density at radius 3 is 2.90 bits per heavy atom. The summed E-state index contributed by atoms with van der Waals surface area (Å²) in [5, 5.41) is 5.12. The number of aryl methyl sites for hydroxylation is 1. The summed E-state index contributed by atoms with van der Waals surface area (Å²) < 4.78 is 2.38. The van der Waals surface area contributed by atoms with Crippen LogP contribution in [-0.2, 0) is 6.54 Å². The molecule has 0 spiro atoms. The van der Waals surface area contributed by atoms with Gasteiger partial charge in [-0.15, -0.1) is 0 Å². The molecule has 2 nitrogen and oxygen atoms in total. The zero-order chi connectivity index (χ0) is 13.9. The van der Waals surface area contributed by atoms with Gasteiger partial charge in [-0.3, -0.25) is 0 Å². The Morgan fingerprint density at radius 2 is 2.05 bits per heavy atom. The fourth-order valence-corrected chi connectivity index (χ4v) is 3.48. The first-order valence-corrected chi connectivity index (χ1v) is 8.03. The Hall–Kier alpha value is -1.28. The van der Waals surface area contributed by atoms with Gasteiger partial charge in [-0.25, -0.2) is 0 Å². The highest BCUT2D eigenvalue weighted by molar-refractivity contribution is 5.80. The van der Waals surface area contributed by atoms with Gasteiger partial charge in [0.15, 0.2) is 0 Å². The van der Waals surface area contributed by atoms with Crippen LogP contribution in [0.4, 0.5) is 0 Å². The maximum Gasteiger partial charge on any atom is 0.0483 e. The molecule has 2 unspecified atom stereocenters. The molecule has 0 radical (unpaired) electrons. The first kappa shape index (κ1) is 13.7. The lowest BCUT2D eigenvalue weighted by Crippen LogP contribution is -2.38. The van der Waals surface area contributed by atoms with Crippen molar-refractivity contribution in [3.63, 3.8) is 0 Å². The van der Waals surface area contributed by atoms with Crippen LogP contribution in [0.2, 0.25) is 0 Å². The number of fused-ring (bicyclic) bond motifs is 1. The summed E-state index contributed by atoms with van der Waals surface area (Å²) in [6.07, 6.45) is 7.78. The molecule has 0 aliphatic heterocycles. The van der Waals surface area contributed by atoms with Crippen molar-refractivity contribution < 1.29 is 0 Å². The minimum absolute atomic E-state index is 0.729. The molecule has 1 N–H and O–H groups in total. The van der Waals surface area contributed by atoms with E-state index in [1.807, 2.05) is 0 Å². The fourth-order valence-electron chi connectivity index (χ4n) is 3.48. The molecule has 2 aromatic rings. The van der Waals surface area contributed by atoms with Crippen LogP contribution < -0.4 is 5.32 Å². The zero-order valence-electron chi connectivity index (χ0n) is 12.7. The average molecular weight is 270 g/mol. The monoisotopic (exact) mass is 270 g/mol. The third kappa shape index (κ3) is 2.90. The molecular weight excluding hydrogens is 244 g/mol. The Morgan fingerprint density at radius 1 is 1.20 bits per heavy atom. The molecular formula is C18H26N2.